The first kappa shape index (κ1) is 11.5. The summed E-state index contributed by atoms with van der Waals surface area (Å²) in [5.41, 5.74) is 1.90. The zero-order chi connectivity index (χ0) is 12.7. The summed E-state index contributed by atoms with van der Waals surface area (Å²) in [6, 6.07) is 0. The lowest BCUT2D eigenvalue weighted by atomic mass is 10.3. The van der Waals surface area contributed by atoms with Crippen LogP contribution in [-0.4, -0.2) is 37.7 Å². The van der Waals surface area contributed by atoms with Gasteiger partial charge in [0.15, 0.2) is 5.82 Å². The maximum absolute atomic E-state index is 4.72. The van der Waals surface area contributed by atoms with E-state index in [1.807, 2.05) is 11.7 Å². The monoisotopic (exact) mass is 275 g/mol. The van der Waals surface area contributed by atoms with Gasteiger partial charge in [0.25, 0.3) is 0 Å². The molecule has 0 saturated heterocycles. The molecule has 0 unspecified atom stereocenters. The van der Waals surface area contributed by atoms with Crippen LogP contribution in [0.4, 0.5) is 0 Å². The summed E-state index contributed by atoms with van der Waals surface area (Å²) in [6.45, 7) is 4.10. The van der Waals surface area contributed by atoms with Crippen molar-refractivity contribution in [1.82, 2.24) is 24.6 Å². The van der Waals surface area contributed by atoms with Gasteiger partial charge in [0, 0.05) is 43.0 Å². The Bertz CT molecular complexity index is 532. The highest BCUT2D eigenvalue weighted by Gasteiger charge is 2.29. The molecule has 2 aliphatic rings. The van der Waals surface area contributed by atoms with Crippen LogP contribution in [0, 0.1) is 0 Å². The van der Waals surface area contributed by atoms with Gasteiger partial charge in [-0.1, -0.05) is 0 Å². The second-order valence-electron chi connectivity index (χ2n) is 5.38. The smallest absolute Gasteiger partial charge is 0.154 e. The van der Waals surface area contributed by atoms with Crippen molar-refractivity contribution >= 4 is 11.3 Å². The number of aromatic nitrogens is 4. The van der Waals surface area contributed by atoms with Crippen LogP contribution in [-0.2, 0) is 19.5 Å². The Morgan fingerprint density at radius 1 is 1.26 bits per heavy atom. The highest BCUT2D eigenvalue weighted by atomic mass is 32.1. The van der Waals surface area contributed by atoms with Crippen LogP contribution in [0.3, 0.4) is 0 Å². The molecule has 2 aromatic heterocycles. The number of rotatable bonds is 3. The minimum absolute atomic E-state index is 0.660. The standard InChI is InChI=1S/C13H17N5S/c1-2-10(1)13-15-12-3-4-17(5-6-18(12)16-13)8-11-7-14-9-19-11/h7,9-10H,1-6,8H2. The molecule has 2 aromatic rings. The van der Waals surface area contributed by atoms with Gasteiger partial charge in [0.05, 0.1) is 12.1 Å². The molecule has 5 nitrogen and oxygen atoms in total. The lowest BCUT2D eigenvalue weighted by Crippen LogP contribution is -2.26. The molecule has 6 heteroatoms. The normalized spacial score (nSPS) is 20.2. The maximum atomic E-state index is 4.72. The second-order valence-corrected chi connectivity index (χ2v) is 6.35. The Balaban J connectivity index is 1.44. The molecule has 0 amide bonds. The summed E-state index contributed by atoms with van der Waals surface area (Å²) >= 11 is 1.73. The van der Waals surface area contributed by atoms with Crippen LogP contribution in [0.25, 0.3) is 0 Å². The fraction of sp³-hybridized carbons (Fsp3) is 0.615. The summed E-state index contributed by atoms with van der Waals surface area (Å²) in [7, 11) is 0. The Morgan fingerprint density at radius 3 is 3.00 bits per heavy atom. The molecule has 1 fully saturated rings. The minimum atomic E-state index is 0.660. The SMILES string of the molecule is c1ncc(CN2CCc3nc(C4CC4)nn3CC2)s1. The second kappa shape index (κ2) is 4.68. The number of nitrogens with zero attached hydrogens (tertiary/aromatic N) is 5. The van der Waals surface area contributed by atoms with E-state index in [1.165, 1.54) is 23.5 Å². The van der Waals surface area contributed by atoms with E-state index in [-0.39, 0.29) is 0 Å². The lowest BCUT2D eigenvalue weighted by Gasteiger charge is -2.17. The third-order valence-corrected chi connectivity index (χ3v) is 4.61. The summed E-state index contributed by atoms with van der Waals surface area (Å²) in [5, 5.41) is 4.67. The van der Waals surface area contributed by atoms with Crippen molar-refractivity contribution in [2.75, 3.05) is 13.1 Å². The van der Waals surface area contributed by atoms with E-state index in [1.54, 1.807) is 11.3 Å². The van der Waals surface area contributed by atoms with Crippen molar-refractivity contribution in [3.63, 3.8) is 0 Å². The number of fused-ring (bicyclic) bond motifs is 1. The molecule has 1 saturated carbocycles. The van der Waals surface area contributed by atoms with Crippen molar-refractivity contribution in [2.24, 2.45) is 0 Å². The summed E-state index contributed by atoms with van der Waals surface area (Å²) in [4.78, 5) is 12.7. The molecule has 0 N–H and O–H groups in total. The van der Waals surface area contributed by atoms with Gasteiger partial charge in [-0.3, -0.25) is 9.88 Å². The molecule has 19 heavy (non-hydrogen) atoms. The predicted octanol–water partition coefficient (Wildman–Crippen LogP) is 1.67. The van der Waals surface area contributed by atoms with E-state index in [0.29, 0.717) is 5.92 Å². The molecule has 0 radical (unpaired) electrons. The van der Waals surface area contributed by atoms with Gasteiger partial charge in [0.1, 0.15) is 5.82 Å². The van der Waals surface area contributed by atoms with E-state index in [9.17, 15) is 0 Å². The largest absolute Gasteiger partial charge is 0.296 e. The zero-order valence-corrected chi connectivity index (χ0v) is 11.6. The van der Waals surface area contributed by atoms with E-state index >= 15 is 0 Å². The number of thiazole rings is 1. The zero-order valence-electron chi connectivity index (χ0n) is 10.8. The lowest BCUT2D eigenvalue weighted by molar-refractivity contribution is 0.270. The molecular weight excluding hydrogens is 258 g/mol. The van der Waals surface area contributed by atoms with Crippen LogP contribution in [0.15, 0.2) is 11.7 Å². The first-order valence-electron chi connectivity index (χ1n) is 6.92. The third-order valence-electron chi connectivity index (χ3n) is 3.85. The van der Waals surface area contributed by atoms with Gasteiger partial charge in [0.2, 0.25) is 0 Å². The van der Waals surface area contributed by atoms with Gasteiger partial charge in [-0.25, -0.2) is 9.67 Å². The van der Waals surface area contributed by atoms with Gasteiger partial charge in [-0.15, -0.1) is 11.3 Å². The van der Waals surface area contributed by atoms with Crippen LogP contribution < -0.4 is 0 Å². The topological polar surface area (TPSA) is 46.8 Å². The predicted molar refractivity (Wildman–Crippen MR) is 73.1 cm³/mol. The van der Waals surface area contributed by atoms with E-state index in [4.69, 9.17) is 4.98 Å². The molecule has 4 rings (SSSR count). The summed E-state index contributed by atoms with van der Waals surface area (Å²) in [5.74, 6) is 2.92. The highest BCUT2D eigenvalue weighted by molar-refractivity contribution is 7.09. The molecule has 1 aliphatic carbocycles. The van der Waals surface area contributed by atoms with Gasteiger partial charge in [-0.2, -0.15) is 5.10 Å². The first-order valence-corrected chi connectivity index (χ1v) is 7.80. The molecule has 100 valence electrons. The molecule has 0 spiro atoms. The fourth-order valence-corrected chi connectivity index (χ4v) is 3.21. The average Bonchev–Trinajstić information content (AvgIpc) is 3.05. The number of hydrogen-bond donors (Lipinski definition) is 0. The quantitative estimate of drug-likeness (QED) is 0.855. The third kappa shape index (κ3) is 2.42. The fourth-order valence-electron chi connectivity index (χ4n) is 2.58. The minimum Gasteiger partial charge on any atom is -0.296 e. The van der Waals surface area contributed by atoms with E-state index in [2.05, 4.69) is 19.7 Å². The molecule has 1 aliphatic heterocycles. The Labute approximate surface area is 116 Å². The van der Waals surface area contributed by atoms with Crippen molar-refractivity contribution < 1.29 is 0 Å². The highest BCUT2D eigenvalue weighted by Crippen LogP contribution is 2.38. The maximum Gasteiger partial charge on any atom is 0.154 e. The van der Waals surface area contributed by atoms with Crippen LogP contribution in [0.2, 0.25) is 0 Å². The van der Waals surface area contributed by atoms with Crippen LogP contribution in [0.1, 0.15) is 35.3 Å². The average molecular weight is 275 g/mol. The molecular formula is C13H17N5S. The van der Waals surface area contributed by atoms with Crippen molar-refractivity contribution in [2.45, 2.75) is 38.3 Å². The van der Waals surface area contributed by atoms with Gasteiger partial charge >= 0.3 is 0 Å². The van der Waals surface area contributed by atoms with Crippen molar-refractivity contribution in [3.8, 4) is 0 Å². The summed E-state index contributed by atoms with van der Waals surface area (Å²) < 4.78 is 2.13. The van der Waals surface area contributed by atoms with Crippen molar-refractivity contribution in [3.05, 3.63) is 28.2 Å². The molecule has 0 atom stereocenters. The Hall–Kier alpha value is -1.27. The van der Waals surface area contributed by atoms with E-state index < -0.39 is 0 Å². The van der Waals surface area contributed by atoms with Crippen LogP contribution in [0.5, 0.6) is 0 Å². The Kier molecular flexibility index (Phi) is 2.85. The van der Waals surface area contributed by atoms with Gasteiger partial charge in [-0.05, 0) is 12.8 Å². The van der Waals surface area contributed by atoms with Crippen LogP contribution >= 0.6 is 11.3 Å². The van der Waals surface area contributed by atoms with Gasteiger partial charge < -0.3 is 0 Å². The summed E-state index contributed by atoms with van der Waals surface area (Å²) in [6.07, 6.45) is 5.54. The first-order chi connectivity index (χ1) is 9.38. The number of hydrogen-bond acceptors (Lipinski definition) is 5. The van der Waals surface area contributed by atoms with Crippen molar-refractivity contribution in [1.29, 1.82) is 0 Å². The Morgan fingerprint density at radius 2 is 2.21 bits per heavy atom. The molecule has 0 bridgehead atoms. The molecule has 3 heterocycles. The molecule has 0 aromatic carbocycles. The van der Waals surface area contributed by atoms with E-state index in [0.717, 1.165) is 38.4 Å².